The highest BCUT2D eigenvalue weighted by molar-refractivity contribution is 5.67. The van der Waals surface area contributed by atoms with Crippen molar-refractivity contribution in [2.24, 2.45) is 0 Å². The molecule has 1 aromatic heterocycles. The van der Waals surface area contributed by atoms with Gasteiger partial charge in [-0.15, -0.1) is 0 Å². The molecule has 1 aliphatic carbocycles. The molecule has 0 spiro atoms. The molecule has 204 valence electrons. The molecule has 0 aliphatic heterocycles. The minimum absolute atomic E-state index is 0.0411. The van der Waals surface area contributed by atoms with Crippen LogP contribution >= 0.6 is 0 Å². The Morgan fingerprint density at radius 2 is 1.68 bits per heavy atom. The van der Waals surface area contributed by atoms with Crippen LogP contribution in [0.5, 0.6) is 11.5 Å². The van der Waals surface area contributed by atoms with Gasteiger partial charge in [0.15, 0.2) is 0 Å². The van der Waals surface area contributed by atoms with Crippen molar-refractivity contribution in [1.29, 1.82) is 0 Å². The summed E-state index contributed by atoms with van der Waals surface area (Å²) < 4.78 is 53.3. The van der Waals surface area contributed by atoms with Crippen molar-refractivity contribution < 1.29 is 22.6 Å². The number of alkyl halides is 3. The molecule has 0 amide bonds. The monoisotopic (exact) mass is 528 g/mol. The van der Waals surface area contributed by atoms with Crippen LogP contribution in [0.2, 0.25) is 0 Å². The van der Waals surface area contributed by atoms with E-state index in [1.54, 1.807) is 36.4 Å². The molecule has 6 nitrogen and oxygen atoms in total. The lowest BCUT2D eigenvalue weighted by atomic mass is 9.98. The molecule has 0 unspecified atom stereocenters. The molecule has 1 fully saturated rings. The van der Waals surface area contributed by atoms with Crippen molar-refractivity contribution in [3.8, 4) is 11.5 Å². The van der Waals surface area contributed by atoms with E-state index in [1.165, 1.54) is 19.3 Å². The van der Waals surface area contributed by atoms with E-state index in [-0.39, 0.29) is 17.9 Å². The summed E-state index contributed by atoms with van der Waals surface area (Å²) in [4.78, 5) is 8.09. The van der Waals surface area contributed by atoms with Gasteiger partial charge in [-0.2, -0.15) is 18.2 Å². The van der Waals surface area contributed by atoms with E-state index in [0.717, 1.165) is 50.5 Å². The fourth-order valence-corrected chi connectivity index (χ4v) is 4.39. The van der Waals surface area contributed by atoms with Crippen LogP contribution < -0.4 is 20.1 Å². The summed E-state index contributed by atoms with van der Waals surface area (Å²) in [5, 5.41) is 5.84. The van der Waals surface area contributed by atoms with E-state index in [0.29, 0.717) is 23.7 Å². The number of hydrogen-bond acceptors (Lipinski definition) is 6. The number of unbranched alkanes of at least 4 members (excludes halogenated alkanes) is 3. The zero-order valence-electron chi connectivity index (χ0n) is 21.7. The number of nitrogens with zero attached hydrogens (tertiary/aromatic N) is 2. The quantitative estimate of drug-likeness (QED) is 0.229. The molecular weight excluding hydrogens is 493 g/mol. The van der Waals surface area contributed by atoms with Crippen molar-refractivity contribution in [3.05, 3.63) is 60.3 Å². The third-order valence-electron chi connectivity index (χ3n) is 6.46. The Kier molecular flexibility index (Phi) is 9.67. The highest BCUT2D eigenvalue weighted by Crippen LogP contribution is 2.38. The maximum atomic E-state index is 13.8. The number of anilines is 4. The zero-order chi connectivity index (χ0) is 26.8. The number of hydrogen-bond donors (Lipinski definition) is 2. The number of ether oxygens (including phenoxy) is 2. The van der Waals surface area contributed by atoms with Gasteiger partial charge in [0.1, 0.15) is 22.9 Å². The van der Waals surface area contributed by atoms with Gasteiger partial charge in [0.25, 0.3) is 0 Å². The van der Waals surface area contributed by atoms with Gasteiger partial charge in [-0.3, -0.25) is 0 Å². The average Bonchev–Trinajstić information content (AvgIpc) is 2.91. The first kappa shape index (κ1) is 27.5. The van der Waals surface area contributed by atoms with E-state index >= 15 is 0 Å². The molecule has 9 heteroatoms. The summed E-state index contributed by atoms with van der Waals surface area (Å²) in [6, 6.07) is 14.2. The number of para-hydroxylation sites is 2. The Bertz CT molecular complexity index is 1150. The summed E-state index contributed by atoms with van der Waals surface area (Å²) in [6.07, 6.45) is 5.94. The number of nitrogens with one attached hydrogen (secondary N) is 2. The summed E-state index contributed by atoms with van der Waals surface area (Å²) in [5.41, 5.74) is 0.103. The molecule has 0 atom stereocenters. The summed E-state index contributed by atoms with van der Waals surface area (Å²) in [7, 11) is 0. The maximum absolute atomic E-state index is 13.8. The number of halogens is 3. The first-order chi connectivity index (χ1) is 18.4. The van der Waals surface area contributed by atoms with Gasteiger partial charge < -0.3 is 20.1 Å². The number of benzene rings is 2. The van der Waals surface area contributed by atoms with Crippen molar-refractivity contribution >= 4 is 23.1 Å². The van der Waals surface area contributed by atoms with Gasteiger partial charge >= 0.3 is 6.18 Å². The lowest BCUT2D eigenvalue weighted by Crippen LogP contribution is -2.20. The fourth-order valence-electron chi connectivity index (χ4n) is 4.39. The topological polar surface area (TPSA) is 68.3 Å². The van der Waals surface area contributed by atoms with Crippen molar-refractivity contribution in [1.82, 2.24) is 9.97 Å². The van der Waals surface area contributed by atoms with E-state index in [1.807, 2.05) is 12.1 Å². The Morgan fingerprint density at radius 3 is 2.42 bits per heavy atom. The van der Waals surface area contributed by atoms with Gasteiger partial charge in [-0.25, -0.2) is 4.98 Å². The van der Waals surface area contributed by atoms with Crippen LogP contribution in [-0.4, -0.2) is 22.7 Å². The third kappa shape index (κ3) is 8.00. The summed E-state index contributed by atoms with van der Waals surface area (Å²) in [5.74, 6) is 0.935. The minimum atomic E-state index is -4.63. The lowest BCUT2D eigenvalue weighted by molar-refractivity contribution is -0.137. The molecule has 4 rings (SSSR count). The highest BCUT2D eigenvalue weighted by atomic mass is 19.4. The van der Waals surface area contributed by atoms with E-state index in [2.05, 4.69) is 27.5 Å². The van der Waals surface area contributed by atoms with Gasteiger partial charge in [0.2, 0.25) is 5.95 Å². The fraction of sp³-hybridized carbons (Fsp3) is 0.448. The van der Waals surface area contributed by atoms with Gasteiger partial charge in [-0.05, 0) is 68.5 Å². The Morgan fingerprint density at radius 1 is 0.921 bits per heavy atom. The second-order valence-corrected chi connectivity index (χ2v) is 9.51. The Labute approximate surface area is 222 Å². The van der Waals surface area contributed by atoms with Crippen molar-refractivity contribution in [2.75, 3.05) is 17.2 Å². The molecule has 3 aromatic rings. The van der Waals surface area contributed by atoms with E-state index < -0.39 is 11.7 Å². The lowest BCUT2D eigenvalue weighted by Gasteiger charge is -2.24. The largest absolute Gasteiger partial charge is 0.494 e. The van der Waals surface area contributed by atoms with Crippen LogP contribution in [0.1, 0.15) is 70.3 Å². The van der Waals surface area contributed by atoms with Crippen LogP contribution in [0.3, 0.4) is 0 Å². The first-order valence-corrected chi connectivity index (χ1v) is 13.4. The van der Waals surface area contributed by atoms with Crippen molar-refractivity contribution in [3.63, 3.8) is 0 Å². The SMILES string of the molecule is CCCCCCOc1ccc(Nc2ncc(C(F)(F)F)c(Nc3ccccc3OC3CCCCC3)n2)cc1. The second-order valence-electron chi connectivity index (χ2n) is 9.51. The first-order valence-electron chi connectivity index (χ1n) is 13.4. The molecule has 1 heterocycles. The standard InChI is InChI=1S/C29H35F3N4O2/c1-2-3-4-10-19-37-22-17-15-21(16-18-22)34-28-33-20-24(29(30,31)32)27(36-28)35-25-13-8-9-14-26(25)38-23-11-6-5-7-12-23/h8-9,13-18,20,23H,2-7,10-12,19H2,1H3,(H2,33,34,35,36). The second kappa shape index (κ2) is 13.3. The zero-order valence-corrected chi connectivity index (χ0v) is 21.7. The molecule has 38 heavy (non-hydrogen) atoms. The Hall–Kier alpha value is -3.49. The minimum Gasteiger partial charge on any atom is -0.494 e. The van der Waals surface area contributed by atoms with E-state index in [9.17, 15) is 13.2 Å². The molecule has 0 bridgehead atoms. The van der Waals surface area contributed by atoms with Gasteiger partial charge in [0.05, 0.1) is 18.4 Å². The summed E-state index contributed by atoms with van der Waals surface area (Å²) in [6.45, 7) is 2.81. The molecule has 2 aromatic carbocycles. The van der Waals surface area contributed by atoms with Gasteiger partial charge in [0, 0.05) is 11.9 Å². The molecule has 1 aliphatic rings. The smallest absolute Gasteiger partial charge is 0.421 e. The Balaban J connectivity index is 1.48. The van der Waals surface area contributed by atoms with Crippen LogP contribution in [0.15, 0.2) is 54.7 Å². The van der Waals surface area contributed by atoms with Crippen molar-refractivity contribution in [2.45, 2.75) is 77.0 Å². The number of rotatable bonds is 12. The molecule has 0 radical (unpaired) electrons. The predicted molar refractivity (Wildman–Crippen MR) is 144 cm³/mol. The van der Waals surface area contributed by atoms with Crippen LogP contribution in [-0.2, 0) is 6.18 Å². The predicted octanol–water partition coefficient (Wildman–Crippen LogP) is 8.65. The molecule has 0 saturated heterocycles. The molecular formula is C29H35F3N4O2. The van der Waals surface area contributed by atoms with Crippen LogP contribution in [0, 0.1) is 0 Å². The van der Waals surface area contributed by atoms with Crippen LogP contribution in [0.4, 0.5) is 36.3 Å². The average molecular weight is 529 g/mol. The third-order valence-corrected chi connectivity index (χ3v) is 6.46. The maximum Gasteiger partial charge on any atom is 0.421 e. The van der Waals surface area contributed by atoms with E-state index in [4.69, 9.17) is 9.47 Å². The van der Waals surface area contributed by atoms with Crippen LogP contribution in [0.25, 0.3) is 0 Å². The summed E-state index contributed by atoms with van der Waals surface area (Å²) >= 11 is 0. The molecule has 1 saturated carbocycles. The highest BCUT2D eigenvalue weighted by Gasteiger charge is 2.35. The molecule has 2 N–H and O–H groups in total. The number of aromatic nitrogens is 2. The van der Waals surface area contributed by atoms with Gasteiger partial charge in [-0.1, -0.05) is 44.7 Å². The normalized spacial score (nSPS) is 14.2.